The van der Waals surface area contributed by atoms with Gasteiger partial charge < -0.3 is 4.90 Å². The number of halogens is 1. The zero-order valence-corrected chi connectivity index (χ0v) is 11.2. The summed E-state index contributed by atoms with van der Waals surface area (Å²) < 4.78 is 0. The van der Waals surface area contributed by atoms with Gasteiger partial charge in [0.25, 0.3) is 0 Å². The van der Waals surface area contributed by atoms with Crippen molar-refractivity contribution in [1.29, 1.82) is 0 Å². The first-order chi connectivity index (χ1) is 7.72. The maximum Gasteiger partial charge on any atom is 0.227 e. The molecule has 2 rings (SSSR count). The van der Waals surface area contributed by atoms with Gasteiger partial charge in [0.05, 0.1) is 5.69 Å². The molecule has 3 nitrogen and oxygen atoms in total. The maximum atomic E-state index is 6.13. The van der Waals surface area contributed by atoms with Crippen molar-refractivity contribution in [3.8, 4) is 0 Å². The van der Waals surface area contributed by atoms with Gasteiger partial charge in [0.1, 0.15) is 5.15 Å². The van der Waals surface area contributed by atoms with Gasteiger partial charge in [-0.25, -0.2) is 9.97 Å². The molecule has 0 amide bonds. The summed E-state index contributed by atoms with van der Waals surface area (Å²) in [7, 11) is 0. The molecule has 0 aliphatic carbocycles. The molecular weight excluding hydrogens is 242 g/mol. The second-order valence-electron chi connectivity index (χ2n) is 3.84. The Kier molecular flexibility index (Phi) is 3.92. The quantitative estimate of drug-likeness (QED) is 0.762. The number of nitrogens with zero attached hydrogens (tertiary/aromatic N) is 3. The van der Waals surface area contributed by atoms with E-state index in [4.69, 9.17) is 11.6 Å². The van der Waals surface area contributed by atoms with Crippen LogP contribution in [0.3, 0.4) is 0 Å². The smallest absolute Gasteiger partial charge is 0.227 e. The van der Waals surface area contributed by atoms with Crippen LogP contribution in [0.1, 0.15) is 18.2 Å². The highest BCUT2D eigenvalue weighted by molar-refractivity contribution is 7.99. The normalized spacial score (nSPS) is 16.6. The average molecular weight is 258 g/mol. The SMILES string of the molecule is CCc1nc(N2CCSCC2)nc(Cl)c1C. The topological polar surface area (TPSA) is 29.0 Å². The molecule has 0 N–H and O–H groups in total. The Bertz CT molecular complexity index is 378. The molecule has 2 heterocycles. The molecule has 0 bridgehead atoms. The first-order valence-corrected chi connectivity index (χ1v) is 7.11. The summed E-state index contributed by atoms with van der Waals surface area (Å²) in [6.07, 6.45) is 0.906. The van der Waals surface area contributed by atoms with E-state index >= 15 is 0 Å². The number of aromatic nitrogens is 2. The van der Waals surface area contributed by atoms with Gasteiger partial charge in [-0.15, -0.1) is 0 Å². The lowest BCUT2D eigenvalue weighted by Crippen LogP contribution is -2.34. The van der Waals surface area contributed by atoms with E-state index in [1.54, 1.807) is 0 Å². The van der Waals surface area contributed by atoms with Crippen LogP contribution in [0.15, 0.2) is 0 Å². The van der Waals surface area contributed by atoms with E-state index in [2.05, 4.69) is 21.8 Å². The zero-order chi connectivity index (χ0) is 11.5. The summed E-state index contributed by atoms with van der Waals surface area (Å²) in [5, 5.41) is 0.597. The van der Waals surface area contributed by atoms with E-state index in [0.717, 1.165) is 48.2 Å². The van der Waals surface area contributed by atoms with Crippen LogP contribution in [0.5, 0.6) is 0 Å². The first-order valence-electron chi connectivity index (χ1n) is 5.58. The molecule has 88 valence electrons. The average Bonchev–Trinajstić information content (AvgIpc) is 2.33. The van der Waals surface area contributed by atoms with Crippen molar-refractivity contribution >= 4 is 29.3 Å². The number of hydrogen-bond acceptors (Lipinski definition) is 4. The Morgan fingerprint density at radius 3 is 2.62 bits per heavy atom. The Morgan fingerprint density at radius 1 is 1.31 bits per heavy atom. The van der Waals surface area contributed by atoms with E-state index in [1.807, 2.05) is 18.7 Å². The van der Waals surface area contributed by atoms with Crippen LogP contribution in [0.25, 0.3) is 0 Å². The monoisotopic (exact) mass is 257 g/mol. The third-order valence-corrected chi connectivity index (χ3v) is 4.11. The Labute approximate surface area is 106 Å². The second kappa shape index (κ2) is 5.23. The molecule has 0 saturated carbocycles. The second-order valence-corrected chi connectivity index (χ2v) is 5.42. The highest BCUT2D eigenvalue weighted by atomic mass is 35.5. The van der Waals surface area contributed by atoms with Crippen LogP contribution in [-0.2, 0) is 6.42 Å². The lowest BCUT2D eigenvalue weighted by Gasteiger charge is -2.27. The van der Waals surface area contributed by atoms with E-state index in [1.165, 1.54) is 0 Å². The number of aryl methyl sites for hydroxylation is 1. The molecule has 1 aromatic heterocycles. The van der Waals surface area contributed by atoms with E-state index in [-0.39, 0.29) is 0 Å². The van der Waals surface area contributed by atoms with Crippen LogP contribution in [0, 0.1) is 6.92 Å². The van der Waals surface area contributed by atoms with Crippen LogP contribution >= 0.6 is 23.4 Å². The number of hydrogen-bond donors (Lipinski definition) is 0. The molecule has 0 radical (unpaired) electrons. The van der Waals surface area contributed by atoms with Gasteiger partial charge in [-0.2, -0.15) is 11.8 Å². The summed E-state index contributed by atoms with van der Waals surface area (Å²) in [5.74, 6) is 3.10. The van der Waals surface area contributed by atoms with Crippen LogP contribution in [0.4, 0.5) is 5.95 Å². The standard InChI is InChI=1S/C11H16ClN3S/c1-3-9-8(2)10(12)14-11(13-9)15-4-6-16-7-5-15/h3-7H2,1-2H3. The zero-order valence-electron chi connectivity index (χ0n) is 9.66. The van der Waals surface area contributed by atoms with Gasteiger partial charge >= 0.3 is 0 Å². The fourth-order valence-corrected chi connectivity index (χ4v) is 2.86. The van der Waals surface area contributed by atoms with Gasteiger partial charge in [0.15, 0.2) is 0 Å². The predicted molar refractivity (Wildman–Crippen MR) is 70.7 cm³/mol. The number of thioether (sulfide) groups is 1. The molecule has 16 heavy (non-hydrogen) atoms. The first kappa shape index (κ1) is 12.0. The van der Waals surface area contributed by atoms with E-state index in [9.17, 15) is 0 Å². The summed E-state index contributed by atoms with van der Waals surface area (Å²) in [6, 6.07) is 0. The fraction of sp³-hybridized carbons (Fsp3) is 0.636. The van der Waals surface area contributed by atoms with Crippen LogP contribution in [0.2, 0.25) is 5.15 Å². The molecule has 1 fully saturated rings. The highest BCUT2D eigenvalue weighted by Gasteiger charge is 2.16. The number of anilines is 1. The van der Waals surface area contributed by atoms with Crippen molar-refractivity contribution in [2.45, 2.75) is 20.3 Å². The van der Waals surface area contributed by atoms with Crippen molar-refractivity contribution in [2.75, 3.05) is 29.5 Å². The van der Waals surface area contributed by atoms with Crippen LogP contribution < -0.4 is 4.90 Å². The summed E-state index contributed by atoms with van der Waals surface area (Å²) >= 11 is 8.11. The lowest BCUT2D eigenvalue weighted by atomic mass is 10.2. The van der Waals surface area contributed by atoms with Crippen LogP contribution in [-0.4, -0.2) is 34.6 Å². The highest BCUT2D eigenvalue weighted by Crippen LogP contribution is 2.22. The molecule has 1 aliphatic rings. The molecule has 0 unspecified atom stereocenters. The molecule has 0 atom stereocenters. The van der Waals surface area contributed by atoms with Crippen molar-refractivity contribution < 1.29 is 0 Å². The summed E-state index contributed by atoms with van der Waals surface area (Å²) in [6.45, 7) is 6.12. The van der Waals surface area contributed by atoms with Crippen molar-refractivity contribution in [2.24, 2.45) is 0 Å². The molecule has 1 aromatic rings. The largest absolute Gasteiger partial charge is 0.339 e. The number of rotatable bonds is 2. The minimum absolute atomic E-state index is 0.597. The Hall–Kier alpha value is -0.480. The Balaban J connectivity index is 2.29. The summed E-state index contributed by atoms with van der Waals surface area (Å²) in [5.41, 5.74) is 2.08. The predicted octanol–water partition coefficient (Wildman–Crippen LogP) is 2.55. The fourth-order valence-electron chi connectivity index (χ4n) is 1.77. The van der Waals surface area contributed by atoms with Gasteiger partial charge in [-0.3, -0.25) is 0 Å². The molecular formula is C11H16ClN3S. The van der Waals surface area contributed by atoms with Crippen molar-refractivity contribution in [1.82, 2.24) is 9.97 Å². The molecule has 5 heteroatoms. The van der Waals surface area contributed by atoms with Gasteiger partial charge in [0.2, 0.25) is 5.95 Å². The summed E-state index contributed by atoms with van der Waals surface area (Å²) in [4.78, 5) is 11.2. The minimum atomic E-state index is 0.597. The minimum Gasteiger partial charge on any atom is -0.339 e. The van der Waals surface area contributed by atoms with E-state index < -0.39 is 0 Å². The maximum absolute atomic E-state index is 6.13. The molecule has 0 aromatic carbocycles. The van der Waals surface area contributed by atoms with Gasteiger partial charge in [-0.05, 0) is 13.3 Å². The van der Waals surface area contributed by atoms with Gasteiger partial charge in [-0.1, -0.05) is 18.5 Å². The van der Waals surface area contributed by atoms with E-state index in [0.29, 0.717) is 5.15 Å². The van der Waals surface area contributed by atoms with Gasteiger partial charge in [0, 0.05) is 30.2 Å². The molecule has 1 saturated heterocycles. The molecule has 0 spiro atoms. The lowest BCUT2D eigenvalue weighted by molar-refractivity contribution is 0.801. The van der Waals surface area contributed by atoms with Crippen molar-refractivity contribution in [3.05, 3.63) is 16.4 Å². The third kappa shape index (κ3) is 2.43. The third-order valence-electron chi connectivity index (χ3n) is 2.80. The Morgan fingerprint density at radius 2 is 2.00 bits per heavy atom. The molecule has 1 aliphatic heterocycles. The van der Waals surface area contributed by atoms with Crippen molar-refractivity contribution in [3.63, 3.8) is 0 Å².